The van der Waals surface area contributed by atoms with Gasteiger partial charge in [-0.15, -0.1) is 0 Å². The molecule has 5 heteroatoms. The number of nitrogens with one attached hydrogen (secondary N) is 1. The van der Waals surface area contributed by atoms with Crippen LogP contribution in [0.1, 0.15) is 45.6 Å². The average molecular weight is 347 g/mol. The molecule has 1 aliphatic carbocycles. The summed E-state index contributed by atoms with van der Waals surface area (Å²) in [7, 11) is 0. The molecule has 0 aliphatic heterocycles. The number of rotatable bonds is 7. The Morgan fingerprint density at radius 3 is 2.52 bits per heavy atom. The van der Waals surface area contributed by atoms with Crippen molar-refractivity contribution in [2.75, 3.05) is 13.2 Å². The van der Waals surface area contributed by atoms with Gasteiger partial charge in [0.25, 0.3) is 5.91 Å². The minimum absolute atomic E-state index is 0.170. The minimum atomic E-state index is -0.542. The lowest BCUT2D eigenvalue weighted by molar-refractivity contribution is -0.150. The summed E-state index contributed by atoms with van der Waals surface area (Å²) >= 11 is 0. The summed E-state index contributed by atoms with van der Waals surface area (Å²) < 4.78 is 10.4. The highest BCUT2D eigenvalue weighted by atomic mass is 16.6. The lowest BCUT2D eigenvalue weighted by atomic mass is 9.78. The number of carbonyl (C=O) groups is 2. The van der Waals surface area contributed by atoms with Crippen molar-refractivity contribution < 1.29 is 19.1 Å². The second-order valence-electron chi connectivity index (χ2n) is 6.89. The van der Waals surface area contributed by atoms with Gasteiger partial charge in [-0.1, -0.05) is 45.7 Å². The van der Waals surface area contributed by atoms with Gasteiger partial charge in [-0.3, -0.25) is 4.79 Å². The molecule has 0 aromatic heterocycles. The molecule has 0 spiro atoms. The number of aryl methyl sites for hydroxylation is 1. The molecular formula is C20H29NO4. The summed E-state index contributed by atoms with van der Waals surface area (Å²) in [5.74, 6) is 0.881. The van der Waals surface area contributed by atoms with Gasteiger partial charge in [0.2, 0.25) is 0 Å². The van der Waals surface area contributed by atoms with E-state index in [-0.39, 0.29) is 25.2 Å². The fourth-order valence-corrected chi connectivity index (χ4v) is 3.19. The molecule has 1 aromatic carbocycles. The van der Waals surface area contributed by atoms with Crippen molar-refractivity contribution in [1.82, 2.24) is 5.32 Å². The maximum absolute atomic E-state index is 12.0. The molecule has 5 nitrogen and oxygen atoms in total. The lowest BCUT2D eigenvalue weighted by Crippen LogP contribution is -2.45. The number of hydrogen-bond acceptors (Lipinski definition) is 4. The summed E-state index contributed by atoms with van der Waals surface area (Å²) in [5, 5.41) is 2.98. The molecule has 3 atom stereocenters. The first-order valence-corrected chi connectivity index (χ1v) is 9.16. The molecule has 1 amide bonds. The molecule has 0 saturated heterocycles. The highest BCUT2D eigenvalue weighted by molar-refractivity contribution is 5.81. The van der Waals surface area contributed by atoms with Crippen LogP contribution in [-0.4, -0.2) is 31.1 Å². The van der Waals surface area contributed by atoms with E-state index < -0.39 is 5.97 Å². The minimum Gasteiger partial charge on any atom is -0.482 e. The molecule has 25 heavy (non-hydrogen) atoms. The Morgan fingerprint density at radius 1 is 1.12 bits per heavy atom. The van der Waals surface area contributed by atoms with Gasteiger partial charge >= 0.3 is 5.97 Å². The Hall–Kier alpha value is -2.04. The number of ether oxygens (including phenoxy) is 2. The quantitative estimate of drug-likeness (QED) is 0.770. The van der Waals surface area contributed by atoms with Gasteiger partial charge in [-0.2, -0.15) is 0 Å². The summed E-state index contributed by atoms with van der Waals surface area (Å²) in [5.41, 5.74) is 1.21. The van der Waals surface area contributed by atoms with Gasteiger partial charge < -0.3 is 14.8 Å². The fourth-order valence-electron chi connectivity index (χ4n) is 3.19. The van der Waals surface area contributed by atoms with Crippen LogP contribution in [0.25, 0.3) is 0 Å². The van der Waals surface area contributed by atoms with Crippen LogP contribution in [0, 0.1) is 11.8 Å². The van der Waals surface area contributed by atoms with E-state index in [1.165, 1.54) is 12.0 Å². The van der Waals surface area contributed by atoms with E-state index in [0.29, 0.717) is 17.6 Å². The first-order valence-electron chi connectivity index (χ1n) is 9.16. The molecule has 1 aliphatic rings. The van der Waals surface area contributed by atoms with Crippen LogP contribution in [0.2, 0.25) is 0 Å². The second-order valence-corrected chi connectivity index (χ2v) is 6.89. The zero-order chi connectivity index (χ0) is 18.2. The van der Waals surface area contributed by atoms with Crippen molar-refractivity contribution in [3.8, 4) is 5.75 Å². The van der Waals surface area contributed by atoms with Gasteiger partial charge in [0, 0.05) is 6.04 Å². The highest BCUT2D eigenvalue weighted by Crippen LogP contribution is 2.29. The van der Waals surface area contributed by atoms with Crippen LogP contribution >= 0.6 is 0 Å². The fraction of sp³-hybridized carbons (Fsp3) is 0.600. The van der Waals surface area contributed by atoms with Crippen molar-refractivity contribution in [2.45, 2.75) is 52.5 Å². The van der Waals surface area contributed by atoms with E-state index in [1.54, 1.807) is 0 Å². The molecule has 2 rings (SSSR count). The smallest absolute Gasteiger partial charge is 0.344 e. The zero-order valence-corrected chi connectivity index (χ0v) is 15.4. The Bertz CT molecular complexity index is 570. The number of amides is 1. The maximum Gasteiger partial charge on any atom is 0.344 e. The summed E-state index contributed by atoms with van der Waals surface area (Å²) in [6, 6.07) is 7.73. The van der Waals surface area contributed by atoms with E-state index in [0.717, 1.165) is 19.3 Å². The van der Waals surface area contributed by atoms with Crippen molar-refractivity contribution >= 4 is 11.9 Å². The third kappa shape index (κ3) is 6.07. The van der Waals surface area contributed by atoms with Gasteiger partial charge in [0.05, 0.1) is 0 Å². The van der Waals surface area contributed by atoms with Gasteiger partial charge in [-0.05, 0) is 42.4 Å². The van der Waals surface area contributed by atoms with Crippen LogP contribution in [0.5, 0.6) is 5.75 Å². The summed E-state index contributed by atoms with van der Waals surface area (Å²) in [6.45, 7) is 6.00. The van der Waals surface area contributed by atoms with Crippen molar-refractivity contribution in [3.63, 3.8) is 0 Å². The standard InChI is InChI=1S/C20H29NO4/c1-4-16-8-10-17(11-9-16)24-13-20(23)25-12-19(22)21-18-7-5-6-14(2)15(18)3/h8-11,14-15,18H,4-7,12-13H2,1-3H3,(H,21,22)/t14-,15+,18+/m0/s1. The van der Waals surface area contributed by atoms with Crippen LogP contribution < -0.4 is 10.1 Å². The summed E-state index contributed by atoms with van der Waals surface area (Å²) in [6.07, 6.45) is 4.28. The Morgan fingerprint density at radius 2 is 1.84 bits per heavy atom. The maximum atomic E-state index is 12.0. The van der Waals surface area contributed by atoms with Crippen molar-refractivity contribution in [2.24, 2.45) is 11.8 Å². The number of benzene rings is 1. The zero-order valence-electron chi connectivity index (χ0n) is 15.4. The molecule has 0 heterocycles. The van der Waals surface area contributed by atoms with E-state index in [9.17, 15) is 9.59 Å². The second kappa shape index (κ2) is 9.44. The molecular weight excluding hydrogens is 318 g/mol. The molecule has 1 N–H and O–H groups in total. The first-order chi connectivity index (χ1) is 12.0. The third-order valence-corrected chi connectivity index (χ3v) is 5.11. The predicted octanol–water partition coefficient (Wildman–Crippen LogP) is 3.11. The van der Waals surface area contributed by atoms with Gasteiger partial charge in [-0.25, -0.2) is 4.79 Å². The largest absolute Gasteiger partial charge is 0.482 e. The van der Waals surface area contributed by atoms with E-state index in [2.05, 4.69) is 26.1 Å². The van der Waals surface area contributed by atoms with E-state index >= 15 is 0 Å². The Labute approximate surface area is 150 Å². The average Bonchev–Trinajstić information content (AvgIpc) is 2.62. The number of esters is 1. The molecule has 0 radical (unpaired) electrons. The molecule has 0 unspecified atom stereocenters. The normalized spacial score (nSPS) is 22.9. The van der Waals surface area contributed by atoms with Crippen molar-refractivity contribution in [3.05, 3.63) is 29.8 Å². The summed E-state index contributed by atoms with van der Waals surface area (Å²) in [4.78, 5) is 23.7. The monoisotopic (exact) mass is 347 g/mol. The molecule has 138 valence electrons. The van der Waals surface area contributed by atoms with Crippen LogP contribution in [-0.2, 0) is 20.7 Å². The van der Waals surface area contributed by atoms with Crippen LogP contribution in [0.4, 0.5) is 0 Å². The Kier molecular flexibility index (Phi) is 7.29. The Balaban J connectivity index is 1.67. The van der Waals surface area contributed by atoms with Crippen LogP contribution in [0.15, 0.2) is 24.3 Å². The lowest BCUT2D eigenvalue weighted by Gasteiger charge is -2.34. The van der Waals surface area contributed by atoms with Gasteiger partial charge in [0.15, 0.2) is 13.2 Å². The highest BCUT2D eigenvalue weighted by Gasteiger charge is 2.28. The SMILES string of the molecule is CCc1ccc(OCC(=O)OCC(=O)N[C@@H]2CCC[C@H](C)[C@H]2C)cc1. The molecule has 0 bridgehead atoms. The molecule has 1 saturated carbocycles. The van der Waals surface area contributed by atoms with E-state index in [4.69, 9.17) is 9.47 Å². The predicted molar refractivity (Wildman–Crippen MR) is 96.4 cm³/mol. The van der Waals surface area contributed by atoms with E-state index in [1.807, 2.05) is 24.3 Å². The third-order valence-electron chi connectivity index (χ3n) is 5.11. The first kappa shape index (κ1) is 19.3. The number of carbonyl (C=O) groups excluding carboxylic acids is 2. The van der Waals surface area contributed by atoms with Crippen molar-refractivity contribution in [1.29, 1.82) is 0 Å². The number of hydrogen-bond donors (Lipinski definition) is 1. The molecule has 1 aromatic rings. The van der Waals surface area contributed by atoms with Crippen LogP contribution in [0.3, 0.4) is 0 Å². The molecule has 1 fully saturated rings. The van der Waals surface area contributed by atoms with Gasteiger partial charge in [0.1, 0.15) is 5.75 Å². The topological polar surface area (TPSA) is 64.6 Å².